The van der Waals surface area contributed by atoms with E-state index < -0.39 is 0 Å². The lowest BCUT2D eigenvalue weighted by Gasteiger charge is -2.03. The van der Waals surface area contributed by atoms with E-state index >= 15 is 0 Å². The summed E-state index contributed by atoms with van der Waals surface area (Å²) in [5, 5.41) is 10.2. The number of hydrogen-bond acceptors (Lipinski definition) is 7. The van der Waals surface area contributed by atoms with Gasteiger partial charge in [0.2, 0.25) is 0 Å². The molecular formula is C13H14N4O2S2. The third-order valence-corrected chi connectivity index (χ3v) is 5.36. The molecule has 8 heteroatoms. The number of fused-ring (bicyclic) bond motifs is 3. The zero-order valence-electron chi connectivity index (χ0n) is 12.1. The lowest BCUT2D eigenvalue weighted by atomic mass is 10.2. The minimum absolute atomic E-state index is 0.205. The summed E-state index contributed by atoms with van der Waals surface area (Å²) in [5.74, 6) is 0.735. The number of carbonyl (C=O) groups excluding carboxylic acids is 1. The molecule has 0 bridgehead atoms. The van der Waals surface area contributed by atoms with E-state index in [1.807, 2.05) is 11.3 Å². The fourth-order valence-electron chi connectivity index (χ4n) is 2.15. The van der Waals surface area contributed by atoms with Gasteiger partial charge in [0.25, 0.3) is 0 Å². The van der Waals surface area contributed by atoms with Gasteiger partial charge in [0.15, 0.2) is 10.8 Å². The van der Waals surface area contributed by atoms with Gasteiger partial charge in [-0.1, -0.05) is 11.8 Å². The Morgan fingerprint density at radius 3 is 2.81 bits per heavy atom. The number of ether oxygens (including phenoxy) is 1. The maximum absolute atomic E-state index is 11.3. The Morgan fingerprint density at radius 1 is 1.33 bits per heavy atom. The summed E-state index contributed by atoms with van der Waals surface area (Å²) in [7, 11) is 1.37. The minimum Gasteiger partial charge on any atom is -0.468 e. The molecule has 0 aliphatic rings. The lowest BCUT2D eigenvalue weighted by Crippen LogP contribution is -2.04. The van der Waals surface area contributed by atoms with Gasteiger partial charge >= 0.3 is 5.97 Å². The number of hydrogen-bond donors (Lipinski definition) is 0. The number of thioether (sulfide) groups is 1. The Morgan fingerprint density at radius 2 is 2.10 bits per heavy atom. The molecule has 3 aromatic rings. The molecule has 0 saturated heterocycles. The normalized spacial score (nSPS) is 11.4. The molecule has 3 heterocycles. The molecule has 110 valence electrons. The average Bonchev–Trinajstić information content (AvgIpc) is 2.99. The van der Waals surface area contributed by atoms with Crippen molar-refractivity contribution in [1.82, 2.24) is 19.6 Å². The van der Waals surface area contributed by atoms with E-state index in [-0.39, 0.29) is 11.7 Å². The van der Waals surface area contributed by atoms with E-state index in [4.69, 9.17) is 0 Å². The molecule has 0 aliphatic heterocycles. The number of rotatable bonds is 3. The fraction of sp³-hybridized carbons (Fsp3) is 0.385. The Bertz CT molecular complexity index is 853. The topological polar surface area (TPSA) is 69.4 Å². The summed E-state index contributed by atoms with van der Waals surface area (Å²) in [6.07, 6.45) is 0. The average molecular weight is 322 g/mol. The summed E-state index contributed by atoms with van der Waals surface area (Å²) in [6.45, 7) is 6.07. The van der Waals surface area contributed by atoms with Crippen molar-refractivity contribution in [3.05, 3.63) is 16.3 Å². The van der Waals surface area contributed by atoms with Gasteiger partial charge < -0.3 is 4.74 Å². The van der Waals surface area contributed by atoms with Crippen LogP contribution in [0.4, 0.5) is 0 Å². The van der Waals surface area contributed by atoms with Gasteiger partial charge in [0.05, 0.1) is 18.2 Å². The zero-order chi connectivity index (χ0) is 15.1. The van der Waals surface area contributed by atoms with E-state index in [1.54, 1.807) is 11.3 Å². The maximum atomic E-state index is 11.3. The van der Waals surface area contributed by atoms with Crippen molar-refractivity contribution in [2.45, 2.75) is 25.9 Å². The predicted octanol–water partition coefficient (Wildman–Crippen LogP) is 2.53. The molecular weight excluding hydrogens is 308 g/mol. The number of aryl methyl sites for hydroxylation is 3. The second kappa shape index (κ2) is 5.27. The number of aromatic nitrogens is 4. The molecule has 0 spiro atoms. The Hall–Kier alpha value is -1.67. The van der Waals surface area contributed by atoms with E-state index in [2.05, 4.69) is 33.8 Å². The number of nitrogens with zero attached hydrogens (tertiary/aromatic N) is 4. The monoisotopic (exact) mass is 322 g/mol. The Labute approximate surface area is 129 Å². The van der Waals surface area contributed by atoms with Crippen LogP contribution in [0.2, 0.25) is 0 Å². The van der Waals surface area contributed by atoms with Crippen LogP contribution in [-0.4, -0.2) is 38.4 Å². The first kappa shape index (κ1) is 14.3. The molecule has 0 atom stereocenters. The van der Waals surface area contributed by atoms with Crippen LogP contribution >= 0.6 is 23.1 Å². The minimum atomic E-state index is -0.286. The van der Waals surface area contributed by atoms with Crippen LogP contribution < -0.4 is 0 Å². The summed E-state index contributed by atoms with van der Waals surface area (Å²) >= 11 is 2.97. The Kier molecular flexibility index (Phi) is 3.58. The van der Waals surface area contributed by atoms with Gasteiger partial charge in [-0.2, -0.15) is 0 Å². The van der Waals surface area contributed by atoms with E-state index in [0.717, 1.165) is 21.7 Å². The molecule has 0 saturated carbocycles. The highest BCUT2D eigenvalue weighted by Gasteiger charge is 2.18. The quantitative estimate of drug-likeness (QED) is 0.545. The van der Waals surface area contributed by atoms with Gasteiger partial charge in [-0.25, -0.2) is 4.98 Å². The third-order valence-electron chi connectivity index (χ3n) is 3.36. The van der Waals surface area contributed by atoms with E-state index in [0.29, 0.717) is 5.16 Å². The lowest BCUT2D eigenvalue weighted by molar-refractivity contribution is -0.137. The molecule has 0 radical (unpaired) electrons. The summed E-state index contributed by atoms with van der Waals surface area (Å²) in [5.41, 5.74) is 1.98. The van der Waals surface area contributed by atoms with Gasteiger partial charge in [-0.3, -0.25) is 9.20 Å². The van der Waals surface area contributed by atoms with E-state index in [9.17, 15) is 4.79 Å². The largest absolute Gasteiger partial charge is 0.468 e. The number of carbonyl (C=O) groups is 1. The smallest absolute Gasteiger partial charge is 0.316 e. The number of methoxy groups -OCH3 is 1. The van der Waals surface area contributed by atoms with Gasteiger partial charge in [0.1, 0.15) is 10.7 Å². The molecule has 0 amide bonds. The van der Waals surface area contributed by atoms with Crippen molar-refractivity contribution in [2.24, 2.45) is 0 Å². The molecule has 0 aliphatic carbocycles. The predicted molar refractivity (Wildman–Crippen MR) is 83.1 cm³/mol. The van der Waals surface area contributed by atoms with Crippen molar-refractivity contribution in [2.75, 3.05) is 12.9 Å². The van der Waals surface area contributed by atoms with Crippen LogP contribution in [-0.2, 0) is 9.53 Å². The van der Waals surface area contributed by atoms with Gasteiger partial charge in [-0.15, -0.1) is 21.5 Å². The summed E-state index contributed by atoms with van der Waals surface area (Å²) in [4.78, 5) is 18.1. The molecule has 0 aromatic carbocycles. The van der Waals surface area contributed by atoms with Crippen LogP contribution in [0.1, 0.15) is 16.3 Å². The van der Waals surface area contributed by atoms with Crippen molar-refractivity contribution in [3.8, 4) is 0 Å². The third kappa shape index (κ3) is 2.28. The molecule has 6 nitrogen and oxygen atoms in total. The molecule has 3 rings (SSSR count). The van der Waals surface area contributed by atoms with Crippen LogP contribution in [0.25, 0.3) is 15.9 Å². The SMILES string of the molecule is COC(=O)CSc1nnc2c3c(C)c(C)sc3nc(C)n12. The fourth-order valence-corrected chi connectivity index (χ4v) is 4.03. The van der Waals surface area contributed by atoms with Crippen LogP contribution in [0.3, 0.4) is 0 Å². The first-order valence-electron chi connectivity index (χ1n) is 6.34. The zero-order valence-corrected chi connectivity index (χ0v) is 13.8. The number of esters is 1. The highest BCUT2D eigenvalue weighted by atomic mass is 32.2. The molecule has 0 fully saturated rings. The second-order valence-electron chi connectivity index (χ2n) is 4.63. The van der Waals surface area contributed by atoms with Crippen LogP contribution in [0.5, 0.6) is 0 Å². The van der Waals surface area contributed by atoms with E-state index in [1.165, 1.54) is 29.3 Å². The first-order chi connectivity index (χ1) is 10.0. The molecule has 3 aromatic heterocycles. The van der Waals surface area contributed by atoms with Crippen molar-refractivity contribution in [3.63, 3.8) is 0 Å². The van der Waals surface area contributed by atoms with Gasteiger partial charge in [0, 0.05) is 4.88 Å². The van der Waals surface area contributed by atoms with Crippen LogP contribution in [0, 0.1) is 20.8 Å². The van der Waals surface area contributed by atoms with Crippen molar-refractivity contribution >= 4 is 44.9 Å². The Balaban J connectivity index is 2.17. The van der Waals surface area contributed by atoms with Crippen molar-refractivity contribution < 1.29 is 9.53 Å². The van der Waals surface area contributed by atoms with Crippen LogP contribution in [0.15, 0.2) is 5.16 Å². The molecule has 21 heavy (non-hydrogen) atoms. The number of thiophene rings is 1. The first-order valence-corrected chi connectivity index (χ1v) is 8.14. The molecule has 0 N–H and O–H groups in total. The molecule has 0 unspecified atom stereocenters. The highest BCUT2D eigenvalue weighted by Crippen LogP contribution is 2.33. The summed E-state index contributed by atoms with van der Waals surface area (Å²) in [6, 6.07) is 0. The van der Waals surface area contributed by atoms with Gasteiger partial charge in [-0.05, 0) is 26.3 Å². The summed E-state index contributed by atoms with van der Waals surface area (Å²) < 4.78 is 6.55. The standard InChI is InChI=1S/C13H14N4O2S2/c1-6-7(2)21-12-10(6)11-15-16-13(17(11)8(3)14-12)20-5-9(18)19-4/h5H2,1-4H3. The second-order valence-corrected chi connectivity index (χ2v) is 6.77. The maximum Gasteiger partial charge on any atom is 0.316 e. The highest BCUT2D eigenvalue weighted by molar-refractivity contribution is 7.99. The van der Waals surface area contributed by atoms with Crippen molar-refractivity contribution in [1.29, 1.82) is 0 Å².